The van der Waals surface area contributed by atoms with Gasteiger partial charge in [-0.25, -0.2) is 4.98 Å². The highest BCUT2D eigenvalue weighted by molar-refractivity contribution is 5.86. The molecular formula is C13H20N2O2. The van der Waals surface area contributed by atoms with Crippen molar-refractivity contribution in [3.8, 4) is 0 Å². The van der Waals surface area contributed by atoms with Crippen LogP contribution in [0.3, 0.4) is 0 Å². The molecule has 0 fully saturated rings. The lowest BCUT2D eigenvalue weighted by molar-refractivity contribution is -0.134. The number of rotatable bonds is 4. The minimum Gasteiger partial charge on any atom is -0.383 e. The Morgan fingerprint density at radius 3 is 2.65 bits per heavy atom. The Hall–Kier alpha value is -1.42. The maximum atomic E-state index is 12.1. The lowest BCUT2D eigenvalue weighted by atomic mass is 9.85. The number of pyridine rings is 1. The smallest absolute Gasteiger partial charge is 0.166 e. The Labute approximate surface area is 102 Å². The zero-order valence-corrected chi connectivity index (χ0v) is 10.9. The fourth-order valence-electron chi connectivity index (χ4n) is 1.85. The van der Waals surface area contributed by atoms with Crippen LogP contribution in [0.5, 0.6) is 0 Å². The van der Waals surface area contributed by atoms with E-state index in [9.17, 15) is 4.79 Å². The highest BCUT2D eigenvalue weighted by Gasteiger charge is 2.31. The molecule has 0 amide bonds. The van der Waals surface area contributed by atoms with Crippen LogP contribution in [0.1, 0.15) is 26.3 Å². The quantitative estimate of drug-likeness (QED) is 0.866. The maximum Gasteiger partial charge on any atom is 0.166 e. The molecule has 0 radical (unpaired) electrons. The second kappa shape index (κ2) is 5.27. The van der Waals surface area contributed by atoms with Gasteiger partial charge in [-0.05, 0) is 11.5 Å². The molecule has 0 aromatic carbocycles. The van der Waals surface area contributed by atoms with Crippen molar-refractivity contribution in [2.75, 3.05) is 12.8 Å². The van der Waals surface area contributed by atoms with E-state index >= 15 is 0 Å². The van der Waals surface area contributed by atoms with Crippen LogP contribution in [0, 0.1) is 5.41 Å². The summed E-state index contributed by atoms with van der Waals surface area (Å²) in [6, 6.07) is 3.59. The number of ketones is 1. The summed E-state index contributed by atoms with van der Waals surface area (Å²) in [4.78, 5) is 16.1. The summed E-state index contributed by atoms with van der Waals surface area (Å²) in [7, 11) is 1.56. The number of nitrogens with zero attached hydrogens (tertiary/aromatic N) is 1. The molecule has 0 spiro atoms. The molecular weight excluding hydrogens is 216 g/mol. The molecule has 0 aliphatic rings. The predicted molar refractivity (Wildman–Crippen MR) is 67.6 cm³/mol. The first kappa shape index (κ1) is 13.6. The Kier molecular flexibility index (Phi) is 4.23. The van der Waals surface area contributed by atoms with Gasteiger partial charge in [0.1, 0.15) is 11.9 Å². The van der Waals surface area contributed by atoms with Gasteiger partial charge < -0.3 is 10.5 Å². The first-order valence-electron chi connectivity index (χ1n) is 5.61. The van der Waals surface area contributed by atoms with Gasteiger partial charge in [-0.1, -0.05) is 26.8 Å². The Balaban J connectivity index is 2.82. The van der Waals surface area contributed by atoms with Crippen molar-refractivity contribution in [3.05, 3.63) is 23.9 Å². The minimum atomic E-state index is -0.429. The summed E-state index contributed by atoms with van der Waals surface area (Å²) in [5.74, 6) is 0.435. The van der Waals surface area contributed by atoms with Gasteiger partial charge in [0.2, 0.25) is 0 Å². The van der Waals surface area contributed by atoms with Crippen LogP contribution in [-0.4, -0.2) is 24.0 Å². The second-order valence-electron chi connectivity index (χ2n) is 5.17. The van der Waals surface area contributed by atoms with Crippen molar-refractivity contribution < 1.29 is 9.53 Å². The van der Waals surface area contributed by atoms with Gasteiger partial charge >= 0.3 is 0 Å². The number of nitrogens with two attached hydrogens (primary N) is 1. The first-order chi connectivity index (χ1) is 7.86. The average molecular weight is 236 g/mol. The van der Waals surface area contributed by atoms with Gasteiger partial charge in [0, 0.05) is 25.3 Å². The van der Waals surface area contributed by atoms with Crippen molar-refractivity contribution in [3.63, 3.8) is 0 Å². The van der Waals surface area contributed by atoms with Crippen LogP contribution in [0.4, 0.5) is 5.82 Å². The van der Waals surface area contributed by atoms with Crippen LogP contribution < -0.4 is 5.73 Å². The first-order valence-corrected chi connectivity index (χ1v) is 5.61. The zero-order chi connectivity index (χ0) is 13.1. The Morgan fingerprint density at radius 1 is 1.53 bits per heavy atom. The van der Waals surface area contributed by atoms with E-state index in [1.165, 1.54) is 0 Å². The molecule has 17 heavy (non-hydrogen) atoms. The molecule has 1 rings (SSSR count). The number of nitrogen functional groups attached to an aromatic ring is 1. The van der Waals surface area contributed by atoms with Gasteiger partial charge in [0.25, 0.3) is 0 Å². The number of carbonyl (C=O) groups is 1. The fourth-order valence-corrected chi connectivity index (χ4v) is 1.85. The van der Waals surface area contributed by atoms with Gasteiger partial charge in [-0.15, -0.1) is 0 Å². The summed E-state index contributed by atoms with van der Waals surface area (Å²) in [6.45, 7) is 5.93. The highest BCUT2D eigenvalue weighted by Crippen LogP contribution is 2.24. The number of methoxy groups -OCH3 is 1. The van der Waals surface area contributed by atoms with E-state index in [-0.39, 0.29) is 17.6 Å². The third-order valence-electron chi connectivity index (χ3n) is 2.61. The number of ether oxygens (including phenoxy) is 1. The van der Waals surface area contributed by atoms with Crippen molar-refractivity contribution in [2.24, 2.45) is 5.41 Å². The molecule has 2 N–H and O–H groups in total. The SMILES string of the molecule is COC(C(=O)Cc1cccnc1N)C(C)(C)C. The third-order valence-corrected chi connectivity index (χ3v) is 2.61. The summed E-state index contributed by atoms with van der Waals surface area (Å²) < 4.78 is 5.28. The number of aromatic nitrogens is 1. The van der Waals surface area contributed by atoms with Crippen molar-refractivity contribution in [2.45, 2.75) is 33.3 Å². The van der Waals surface area contributed by atoms with E-state index in [4.69, 9.17) is 10.5 Å². The molecule has 0 saturated carbocycles. The van der Waals surface area contributed by atoms with Crippen LogP contribution in [-0.2, 0) is 16.0 Å². The van der Waals surface area contributed by atoms with Crippen LogP contribution in [0.15, 0.2) is 18.3 Å². The second-order valence-corrected chi connectivity index (χ2v) is 5.17. The average Bonchev–Trinajstić information content (AvgIpc) is 2.20. The topological polar surface area (TPSA) is 65.2 Å². The predicted octanol–water partition coefficient (Wildman–Crippen LogP) is 1.84. The number of hydrogen-bond acceptors (Lipinski definition) is 4. The summed E-state index contributed by atoms with van der Waals surface area (Å²) in [6.07, 6.45) is 1.44. The minimum absolute atomic E-state index is 0.0275. The van der Waals surface area contributed by atoms with Crippen molar-refractivity contribution >= 4 is 11.6 Å². The van der Waals surface area contributed by atoms with E-state index in [0.29, 0.717) is 5.82 Å². The van der Waals surface area contributed by atoms with Gasteiger partial charge in [-0.3, -0.25) is 4.79 Å². The molecule has 1 aromatic heterocycles. The third kappa shape index (κ3) is 3.53. The molecule has 0 bridgehead atoms. The summed E-state index contributed by atoms with van der Waals surface area (Å²) in [5.41, 5.74) is 6.25. The Bertz CT molecular complexity index is 397. The summed E-state index contributed by atoms with van der Waals surface area (Å²) >= 11 is 0. The largest absolute Gasteiger partial charge is 0.383 e. The van der Waals surface area contributed by atoms with E-state index in [0.717, 1.165) is 5.56 Å². The number of anilines is 1. The summed E-state index contributed by atoms with van der Waals surface area (Å²) in [5, 5.41) is 0. The molecule has 1 unspecified atom stereocenters. The van der Waals surface area contributed by atoms with Crippen LogP contribution >= 0.6 is 0 Å². The molecule has 1 heterocycles. The normalized spacial score (nSPS) is 13.4. The number of hydrogen-bond donors (Lipinski definition) is 1. The molecule has 1 aromatic rings. The molecule has 0 aliphatic heterocycles. The van der Waals surface area contributed by atoms with Crippen molar-refractivity contribution in [1.82, 2.24) is 4.98 Å². The molecule has 0 saturated heterocycles. The molecule has 0 aliphatic carbocycles. The van der Waals surface area contributed by atoms with Gasteiger partial charge in [0.05, 0.1) is 0 Å². The lowest BCUT2D eigenvalue weighted by Crippen LogP contribution is -2.37. The van der Waals surface area contributed by atoms with E-state index in [2.05, 4.69) is 4.98 Å². The van der Waals surface area contributed by atoms with E-state index in [1.54, 1.807) is 19.4 Å². The van der Waals surface area contributed by atoms with Crippen LogP contribution in [0.25, 0.3) is 0 Å². The van der Waals surface area contributed by atoms with E-state index < -0.39 is 6.10 Å². The van der Waals surface area contributed by atoms with Crippen molar-refractivity contribution in [1.29, 1.82) is 0 Å². The molecule has 4 nitrogen and oxygen atoms in total. The molecule has 1 atom stereocenters. The van der Waals surface area contributed by atoms with Crippen LogP contribution in [0.2, 0.25) is 0 Å². The standard InChI is InChI=1S/C13H20N2O2/c1-13(2,3)11(17-4)10(16)8-9-6-5-7-15-12(9)14/h5-7,11H,8H2,1-4H3,(H2,14,15). The monoisotopic (exact) mass is 236 g/mol. The maximum absolute atomic E-state index is 12.1. The Morgan fingerprint density at radius 2 is 2.18 bits per heavy atom. The van der Waals surface area contributed by atoms with E-state index in [1.807, 2.05) is 26.8 Å². The fraction of sp³-hybridized carbons (Fsp3) is 0.538. The highest BCUT2D eigenvalue weighted by atomic mass is 16.5. The molecule has 4 heteroatoms. The number of carbonyl (C=O) groups excluding carboxylic acids is 1. The molecule has 94 valence electrons. The lowest BCUT2D eigenvalue weighted by Gasteiger charge is -2.28. The van der Waals surface area contributed by atoms with Gasteiger partial charge in [-0.2, -0.15) is 0 Å². The number of Topliss-reactive ketones (excluding diaryl/α,β-unsaturated/α-hetero) is 1. The van der Waals surface area contributed by atoms with Gasteiger partial charge in [0.15, 0.2) is 5.78 Å². The zero-order valence-electron chi connectivity index (χ0n) is 10.9.